The van der Waals surface area contributed by atoms with Crippen LogP contribution in [0.25, 0.3) is 0 Å². The Kier molecular flexibility index (Phi) is 11.6. The Morgan fingerprint density at radius 3 is 2.23 bits per heavy atom. The minimum Gasteiger partial charge on any atom is -0.497 e. The number of hydrogen-bond donors (Lipinski definition) is 1. The fourth-order valence-corrected chi connectivity index (χ4v) is 7.60. The summed E-state index contributed by atoms with van der Waals surface area (Å²) in [7, 11) is -2.77. The molecule has 2 amide bonds. The quantitative estimate of drug-likeness (QED) is 0.159. The number of anilines is 1. The number of nitrogens with zero attached hydrogens (tertiary/aromatic N) is 2. The van der Waals surface area contributed by atoms with E-state index >= 15 is 0 Å². The van der Waals surface area contributed by atoms with Crippen molar-refractivity contribution in [2.45, 2.75) is 55.6 Å². The first-order valence-electron chi connectivity index (χ1n) is 15.4. The third-order valence-electron chi connectivity index (χ3n) is 8.26. The molecule has 0 saturated heterocycles. The van der Waals surface area contributed by atoms with Gasteiger partial charge in [0.1, 0.15) is 18.3 Å². The molecule has 1 atom stereocenters. The van der Waals surface area contributed by atoms with Crippen LogP contribution in [0, 0.1) is 0 Å². The molecule has 1 aliphatic rings. The van der Waals surface area contributed by atoms with Crippen molar-refractivity contribution < 1.29 is 22.7 Å². The Labute approximate surface area is 289 Å². The van der Waals surface area contributed by atoms with Gasteiger partial charge in [0.15, 0.2) is 0 Å². The van der Waals surface area contributed by atoms with Crippen LogP contribution in [-0.2, 0) is 32.6 Å². The molecule has 8 nitrogen and oxygen atoms in total. The molecule has 11 heteroatoms. The number of halogens is 2. The lowest BCUT2D eigenvalue weighted by Gasteiger charge is -2.34. The van der Waals surface area contributed by atoms with Gasteiger partial charge in [-0.15, -0.1) is 0 Å². The van der Waals surface area contributed by atoms with Gasteiger partial charge in [-0.05, 0) is 78.6 Å². The molecule has 4 aromatic rings. The first-order valence-corrected chi connectivity index (χ1v) is 18.1. The molecular weight excluding hydrogens is 702 g/mol. The number of benzene rings is 4. The zero-order valence-electron chi connectivity index (χ0n) is 26.0. The number of carbonyl (C=O) groups excluding carboxylic acids is 2. The number of ether oxygens (including phenoxy) is 1. The predicted octanol–water partition coefficient (Wildman–Crippen LogP) is 7.01. The first-order chi connectivity index (χ1) is 22.6. The maximum atomic E-state index is 14.6. The van der Waals surface area contributed by atoms with E-state index in [1.165, 1.54) is 30.2 Å². The highest BCUT2D eigenvalue weighted by Crippen LogP contribution is 2.28. The van der Waals surface area contributed by atoms with Gasteiger partial charge >= 0.3 is 0 Å². The first kappa shape index (κ1) is 34.5. The SMILES string of the molecule is COc1ccc(S(=O)(=O)N(CC(=O)N(Cc2ccc(Br)cc2)[C@@H](Cc2ccccc2)C(=O)NC2CCCC2)c2cccc(Cl)c2)cc1. The molecule has 0 bridgehead atoms. The van der Waals surface area contributed by atoms with Crippen LogP contribution in [0.1, 0.15) is 36.8 Å². The van der Waals surface area contributed by atoms with E-state index in [-0.39, 0.29) is 35.5 Å². The molecule has 47 heavy (non-hydrogen) atoms. The summed E-state index contributed by atoms with van der Waals surface area (Å²) in [5.74, 6) is -0.307. The summed E-state index contributed by atoms with van der Waals surface area (Å²) in [5.41, 5.74) is 1.89. The summed E-state index contributed by atoms with van der Waals surface area (Å²) in [6, 6.07) is 28.5. The lowest BCUT2D eigenvalue weighted by molar-refractivity contribution is -0.140. The van der Waals surface area contributed by atoms with Crippen molar-refractivity contribution in [3.63, 3.8) is 0 Å². The molecule has 5 rings (SSSR count). The Morgan fingerprint density at radius 2 is 1.60 bits per heavy atom. The van der Waals surface area contributed by atoms with Crippen LogP contribution in [0.2, 0.25) is 5.02 Å². The van der Waals surface area contributed by atoms with Crippen molar-refractivity contribution >= 4 is 55.1 Å². The summed E-state index contributed by atoms with van der Waals surface area (Å²) in [4.78, 5) is 30.2. The smallest absolute Gasteiger partial charge is 0.264 e. The second-order valence-corrected chi connectivity index (χ2v) is 14.7. The Bertz CT molecular complexity index is 1770. The number of methoxy groups -OCH3 is 1. The van der Waals surface area contributed by atoms with Gasteiger partial charge < -0.3 is 15.0 Å². The largest absolute Gasteiger partial charge is 0.497 e. The molecule has 1 fully saturated rings. The van der Waals surface area contributed by atoms with Crippen LogP contribution in [0.15, 0.2) is 112 Å². The molecule has 0 heterocycles. The van der Waals surface area contributed by atoms with Gasteiger partial charge in [-0.1, -0.05) is 88.9 Å². The maximum Gasteiger partial charge on any atom is 0.264 e. The molecule has 0 aromatic heterocycles. The summed E-state index contributed by atoms with van der Waals surface area (Å²) in [6.45, 7) is -0.471. The van der Waals surface area contributed by atoms with Gasteiger partial charge in [-0.3, -0.25) is 13.9 Å². The lowest BCUT2D eigenvalue weighted by Crippen LogP contribution is -2.54. The lowest BCUT2D eigenvalue weighted by atomic mass is 10.0. The average molecular weight is 739 g/mol. The summed E-state index contributed by atoms with van der Waals surface area (Å²) < 4.78 is 35.6. The van der Waals surface area contributed by atoms with Crippen LogP contribution in [0.3, 0.4) is 0 Å². The van der Waals surface area contributed by atoms with E-state index in [0.717, 1.165) is 45.6 Å². The Morgan fingerprint density at radius 1 is 0.915 bits per heavy atom. The van der Waals surface area contributed by atoms with Crippen molar-refractivity contribution in [3.8, 4) is 5.75 Å². The predicted molar refractivity (Wildman–Crippen MR) is 188 cm³/mol. The monoisotopic (exact) mass is 737 g/mol. The Balaban J connectivity index is 1.56. The van der Waals surface area contributed by atoms with Gasteiger partial charge in [0, 0.05) is 28.5 Å². The van der Waals surface area contributed by atoms with E-state index < -0.39 is 28.5 Å². The molecule has 1 aliphatic carbocycles. The summed E-state index contributed by atoms with van der Waals surface area (Å²) in [5, 5.41) is 3.50. The van der Waals surface area contributed by atoms with Gasteiger partial charge in [0.05, 0.1) is 17.7 Å². The molecule has 0 unspecified atom stereocenters. The molecule has 4 aromatic carbocycles. The number of amides is 2. The number of sulfonamides is 1. The summed E-state index contributed by atoms with van der Waals surface area (Å²) >= 11 is 9.78. The molecule has 246 valence electrons. The fourth-order valence-electron chi connectivity index (χ4n) is 5.74. The van der Waals surface area contributed by atoms with Crippen LogP contribution in [-0.4, -0.2) is 50.9 Å². The topological polar surface area (TPSA) is 96.0 Å². The number of rotatable bonds is 13. The molecular formula is C36H37BrClN3O5S. The standard InChI is InChI=1S/C36H37BrClN3O5S/c1-46-32-18-20-33(21-19-32)47(44,45)41(31-13-7-10-29(38)23-31)25-35(42)40(24-27-14-16-28(37)17-15-27)34(22-26-8-3-2-4-9-26)36(43)39-30-11-5-6-12-30/h2-4,7-10,13-21,23,30,34H,5-6,11-12,22,24-25H2,1H3,(H,39,43)/t34-/m0/s1. The molecule has 0 spiro atoms. The average Bonchev–Trinajstić information content (AvgIpc) is 3.59. The van der Waals surface area contributed by atoms with E-state index in [0.29, 0.717) is 10.8 Å². The van der Waals surface area contributed by atoms with Crippen molar-refractivity contribution in [3.05, 3.63) is 124 Å². The highest BCUT2D eigenvalue weighted by molar-refractivity contribution is 9.10. The van der Waals surface area contributed by atoms with Crippen LogP contribution in [0.5, 0.6) is 5.75 Å². The zero-order valence-corrected chi connectivity index (χ0v) is 29.2. The van der Waals surface area contributed by atoms with E-state index in [1.54, 1.807) is 30.3 Å². The molecule has 0 aliphatic heterocycles. The maximum absolute atomic E-state index is 14.6. The van der Waals surface area contributed by atoms with Crippen molar-refractivity contribution in [1.29, 1.82) is 0 Å². The number of nitrogens with one attached hydrogen (secondary N) is 1. The highest BCUT2D eigenvalue weighted by atomic mass is 79.9. The number of carbonyl (C=O) groups is 2. The molecule has 0 radical (unpaired) electrons. The summed E-state index contributed by atoms with van der Waals surface area (Å²) in [6.07, 6.45) is 4.09. The third-order valence-corrected chi connectivity index (χ3v) is 10.8. The van der Waals surface area contributed by atoms with Crippen LogP contribution >= 0.6 is 27.5 Å². The number of hydrogen-bond acceptors (Lipinski definition) is 5. The van der Waals surface area contributed by atoms with Crippen molar-refractivity contribution in [2.75, 3.05) is 18.0 Å². The normalized spacial score (nSPS) is 13.9. The fraction of sp³-hybridized carbons (Fsp3) is 0.278. The van der Waals surface area contributed by atoms with Crippen LogP contribution in [0.4, 0.5) is 5.69 Å². The molecule has 1 saturated carbocycles. The van der Waals surface area contributed by atoms with E-state index in [9.17, 15) is 18.0 Å². The highest BCUT2D eigenvalue weighted by Gasteiger charge is 2.35. The van der Waals surface area contributed by atoms with Crippen molar-refractivity contribution in [1.82, 2.24) is 10.2 Å². The van der Waals surface area contributed by atoms with Crippen molar-refractivity contribution in [2.24, 2.45) is 0 Å². The minimum atomic E-state index is -4.26. The van der Waals surface area contributed by atoms with E-state index in [4.69, 9.17) is 16.3 Å². The third kappa shape index (κ3) is 8.94. The second kappa shape index (κ2) is 15.8. The van der Waals surface area contributed by atoms with Crippen LogP contribution < -0.4 is 14.4 Å². The Hall–Kier alpha value is -3.86. The molecule has 1 N–H and O–H groups in total. The van der Waals surface area contributed by atoms with Gasteiger partial charge in [-0.25, -0.2) is 8.42 Å². The zero-order chi connectivity index (χ0) is 33.4. The second-order valence-electron chi connectivity index (χ2n) is 11.5. The van der Waals surface area contributed by atoms with E-state index in [1.807, 2.05) is 54.6 Å². The van der Waals surface area contributed by atoms with Gasteiger partial charge in [0.25, 0.3) is 10.0 Å². The minimum absolute atomic E-state index is 0.0228. The van der Waals surface area contributed by atoms with Gasteiger partial charge in [-0.2, -0.15) is 0 Å². The van der Waals surface area contributed by atoms with Gasteiger partial charge in [0.2, 0.25) is 11.8 Å². The van der Waals surface area contributed by atoms with E-state index in [2.05, 4.69) is 21.2 Å².